The average Bonchev–Trinajstić information content (AvgIpc) is 3.50. The van der Waals surface area contributed by atoms with Crippen LogP contribution in [-0.4, -0.2) is 28.9 Å². The van der Waals surface area contributed by atoms with Gasteiger partial charge in [-0.25, -0.2) is 14.4 Å². The lowest BCUT2D eigenvalue weighted by atomic mass is 10.1. The number of nitrogens with zero attached hydrogens (tertiary/aromatic N) is 2. The number of anilines is 3. The van der Waals surface area contributed by atoms with Crippen molar-refractivity contribution in [2.75, 3.05) is 23.5 Å². The van der Waals surface area contributed by atoms with Crippen LogP contribution in [-0.2, 0) is 4.74 Å². The SMILES string of the molecule is COC(c1ccc(NC(=O)c2cc(NC(=O)c3cnc(N)s3)c(C)cc2F)nc1)C1CC1. The van der Waals surface area contributed by atoms with Gasteiger partial charge in [0.15, 0.2) is 5.13 Å². The molecule has 166 valence electrons. The van der Waals surface area contributed by atoms with Crippen molar-refractivity contribution >= 4 is 39.8 Å². The molecule has 1 aliphatic carbocycles. The van der Waals surface area contributed by atoms with Gasteiger partial charge in [0.2, 0.25) is 0 Å². The molecule has 4 rings (SSSR count). The highest BCUT2D eigenvalue weighted by Gasteiger charge is 2.32. The summed E-state index contributed by atoms with van der Waals surface area (Å²) in [6.45, 7) is 1.63. The Morgan fingerprint density at radius 1 is 1.19 bits per heavy atom. The first-order valence-electron chi connectivity index (χ1n) is 9.98. The van der Waals surface area contributed by atoms with E-state index in [2.05, 4.69) is 20.6 Å². The Bertz CT molecular complexity index is 1160. The van der Waals surface area contributed by atoms with E-state index < -0.39 is 17.6 Å². The number of aromatic nitrogens is 2. The Hall–Kier alpha value is -3.37. The minimum Gasteiger partial charge on any atom is -0.376 e. The van der Waals surface area contributed by atoms with Crippen LogP contribution in [0.4, 0.5) is 21.0 Å². The van der Waals surface area contributed by atoms with Crippen molar-refractivity contribution in [3.05, 3.63) is 64.0 Å². The highest BCUT2D eigenvalue weighted by atomic mass is 32.1. The Morgan fingerprint density at radius 3 is 2.56 bits per heavy atom. The summed E-state index contributed by atoms with van der Waals surface area (Å²) < 4.78 is 20.1. The molecule has 0 spiro atoms. The average molecular weight is 456 g/mol. The standard InChI is InChI=1S/C22H22FN5O3S/c1-11-7-15(23)14(8-16(11)27-21(30)17-10-26-22(24)32-17)20(29)28-18-6-5-13(9-25-18)19(31-2)12-3-4-12/h5-10,12,19H,3-4H2,1-2H3,(H2,24,26)(H,27,30)(H,25,28,29). The number of nitrogens with one attached hydrogen (secondary N) is 2. The fourth-order valence-electron chi connectivity index (χ4n) is 3.39. The zero-order valence-electron chi connectivity index (χ0n) is 17.5. The number of amides is 2. The van der Waals surface area contributed by atoms with Gasteiger partial charge in [-0.2, -0.15) is 0 Å². The fraction of sp³-hybridized carbons (Fsp3) is 0.273. The molecular weight excluding hydrogens is 433 g/mol. The van der Waals surface area contributed by atoms with Gasteiger partial charge < -0.3 is 21.1 Å². The molecule has 32 heavy (non-hydrogen) atoms. The molecular formula is C22H22FN5O3S. The van der Waals surface area contributed by atoms with Crippen molar-refractivity contribution in [3.8, 4) is 0 Å². The van der Waals surface area contributed by atoms with Crippen LogP contribution >= 0.6 is 11.3 Å². The van der Waals surface area contributed by atoms with E-state index in [1.54, 1.807) is 26.3 Å². The molecule has 2 aromatic heterocycles. The van der Waals surface area contributed by atoms with Crippen molar-refractivity contribution < 1.29 is 18.7 Å². The molecule has 1 fully saturated rings. The number of methoxy groups -OCH3 is 1. The molecule has 1 saturated carbocycles. The summed E-state index contributed by atoms with van der Waals surface area (Å²) in [5.41, 5.74) is 7.06. The van der Waals surface area contributed by atoms with Crippen LogP contribution in [0.3, 0.4) is 0 Å². The lowest BCUT2D eigenvalue weighted by Gasteiger charge is -2.15. The minimum atomic E-state index is -0.704. The number of hydrogen-bond donors (Lipinski definition) is 3. The normalized spacial score (nSPS) is 14.1. The number of benzene rings is 1. The number of halogens is 1. The van der Waals surface area contributed by atoms with Gasteiger partial charge in [0.1, 0.15) is 16.5 Å². The smallest absolute Gasteiger partial charge is 0.267 e. The van der Waals surface area contributed by atoms with Crippen LogP contribution in [0.2, 0.25) is 0 Å². The van der Waals surface area contributed by atoms with Crippen molar-refractivity contribution in [1.29, 1.82) is 0 Å². The number of ether oxygens (including phenoxy) is 1. The summed E-state index contributed by atoms with van der Waals surface area (Å²) in [6, 6.07) is 5.99. The van der Waals surface area contributed by atoms with Gasteiger partial charge in [-0.1, -0.05) is 17.4 Å². The minimum absolute atomic E-state index is 0.0122. The lowest BCUT2D eigenvalue weighted by Crippen LogP contribution is -2.17. The predicted octanol–water partition coefficient (Wildman–Crippen LogP) is 4.17. The molecule has 8 nitrogen and oxygen atoms in total. The van der Waals surface area contributed by atoms with Crippen LogP contribution in [0, 0.1) is 18.7 Å². The Kier molecular flexibility index (Phi) is 6.15. The fourth-order valence-corrected chi connectivity index (χ4v) is 3.97. The molecule has 3 aromatic rings. The topological polar surface area (TPSA) is 119 Å². The zero-order chi connectivity index (χ0) is 22.8. The molecule has 4 N–H and O–H groups in total. The van der Waals surface area contributed by atoms with E-state index in [0.29, 0.717) is 22.0 Å². The number of carbonyl (C=O) groups excluding carboxylic acids is 2. The Morgan fingerprint density at radius 2 is 1.97 bits per heavy atom. The van der Waals surface area contributed by atoms with Gasteiger partial charge in [0.25, 0.3) is 11.8 Å². The van der Waals surface area contributed by atoms with Crippen molar-refractivity contribution in [2.24, 2.45) is 5.92 Å². The van der Waals surface area contributed by atoms with Gasteiger partial charge in [-0.3, -0.25) is 9.59 Å². The van der Waals surface area contributed by atoms with E-state index in [4.69, 9.17) is 10.5 Å². The first-order chi connectivity index (χ1) is 15.4. The third kappa shape index (κ3) is 4.76. The summed E-state index contributed by atoms with van der Waals surface area (Å²) in [4.78, 5) is 33.5. The molecule has 0 saturated heterocycles. The Labute approximate surface area is 188 Å². The third-order valence-electron chi connectivity index (χ3n) is 5.21. The van der Waals surface area contributed by atoms with Crippen molar-refractivity contribution in [2.45, 2.75) is 25.9 Å². The van der Waals surface area contributed by atoms with Crippen LogP contribution in [0.25, 0.3) is 0 Å². The number of rotatable bonds is 7. The summed E-state index contributed by atoms with van der Waals surface area (Å²) in [6.07, 6.45) is 5.24. The maximum atomic E-state index is 14.5. The zero-order valence-corrected chi connectivity index (χ0v) is 18.3. The maximum absolute atomic E-state index is 14.5. The number of thiazole rings is 1. The second kappa shape index (κ2) is 9.01. The number of nitrogen functional groups attached to an aromatic ring is 1. The maximum Gasteiger partial charge on any atom is 0.267 e. The predicted molar refractivity (Wildman–Crippen MR) is 120 cm³/mol. The number of carbonyl (C=O) groups is 2. The van der Waals surface area contributed by atoms with Gasteiger partial charge in [-0.05, 0) is 55.0 Å². The Balaban J connectivity index is 1.49. The third-order valence-corrected chi connectivity index (χ3v) is 6.04. The van der Waals surface area contributed by atoms with Gasteiger partial charge >= 0.3 is 0 Å². The van der Waals surface area contributed by atoms with Crippen LogP contribution in [0.15, 0.2) is 36.7 Å². The molecule has 1 unspecified atom stereocenters. The summed E-state index contributed by atoms with van der Waals surface area (Å²) in [7, 11) is 1.67. The summed E-state index contributed by atoms with van der Waals surface area (Å²) in [5.74, 6) is -1.04. The molecule has 0 radical (unpaired) electrons. The number of nitrogens with two attached hydrogens (primary N) is 1. The highest BCUT2D eigenvalue weighted by Crippen LogP contribution is 2.42. The first kappa shape index (κ1) is 21.8. The van der Waals surface area contributed by atoms with E-state index in [1.165, 1.54) is 18.3 Å². The number of aryl methyl sites for hydroxylation is 1. The van der Waals surface area contributed by atoms with Gasteiger partial charge in [0, 0.05) is 19.0 Å². The van der Waals surface area contributed by atoms with E-state index in [1.807, 2.05) is 6.07 Å². The molecule has 1 aromatic carbocycles. The molecule has 10 heteroatoms. The van der Waals surface area contributed by atoms with Crippen LogP contribution in [0.1, 0.15) is 50.1 Å². The van der Waals surface area contributed by atoms with E-state index in [0.717, 1.165) is 29.7 Å². The van der Waals surface area contributed by atoms with Gasteiger partial charge in [-0.15, -0.1) is 0 Å². The largest absolute Gasteiger partial charge is 0.376 e. The second-order valence-corrected chi connectivity index (χ2v) is 8.65. The highest BCUT2D eigenvalue weighted by molar-refractivity contribution is 7.17. The van der Waals surface area contributed by atoms with Gasteiger partial charge in [0.05, 0.1) is 17.9 Å². The molecule has 1 aliphatic rings. The van der Waals surface area contributed by atoms with E-state index >= 15 is 0 Å². The molecule has 1 atom stereocenters. The van der Waals surface area contributed by atoms with Crippen molar-refractivity contribution in [1.82, 2.24) is 9.97 Å². The molecule has 2 amide bonds. The van der Waals surface area contributed by atoms with E-state index in [-0.39, 0.29) is 22.6 Å². The number of hydrogen-bond acceptors (Lipinski definition) is 7. The monoisotopic (exact) mass is 455 g/mol. The van der Waals surface area contributed by atoms with Crippen molar-refractivity contribution in [3.63, 3.8) is 0 Å². The summed E-state index contributed by atoms with van der Waals surface area (Å²) in [5, 5.41) is 5.53. The number of pyridine rings is 1. The van der Waals surface area contributed by atoms with Crippen LogP contribution in [0.5, 0.6) is 0 Å². The molecule has 2 heterocycles. The van der Waals surface area contributed by atoms with Crippen LogP contribution < -0.4 is 16.4 Å². The second-order valence-electron chi connectivity index (χ2n) is 7.59. The lowest BCUT2D eigenvalue weighted by molar-refractivity contribution is 0.0843. The molecule has 0 bridgehead atoms. The first-order valence-corrected chi connectivity index (χ1v) is 10.8. The van der Waals surface area contributed by atoms with E-state index in [9.17, 15) is 14.0 Å². The quantitative estimate of drug-likeness (QED) is 0.492. The summed E-state index contributed by atoms with van der Waals surface area (Å²) >= 11 is 1.03. The molecule has 0 aliphatic heterocycles.